The van der Waals surface area contributed by atoms with Crippen LogP contribution in [0.1, 0.15) is 6.92 Å². The van der Waals surface area contributed by atoms with Gasteiger partial charge in [-0.3, -0.25) is 4.79 Å². The summed E-state index contributed by atoms with van der Waals surface area (Å²) in [6.07, 6.45) is 0. The predicted octanol–water partition coefficient (Wildman–Crippen LogP) is 1.77. The van der Waals surface area contributed by atoms with E-state index >= 15 is 0 Å². The summed E-state index contributed by atoms with van der Waals surface area (Å²) in [6, 6.07) is 8.96. The van der Waals surface area contributed by atoms with E-state index in [2.05, 4.69) is 5.32 Å². The van der Waals surface area contributed by atoms with Gasteiger partial charge >= 0.3 is 0 Å². The Labute approximate surface area is 88.0 Å². The number of halogens is 1. The van der Waals surface area contributed by atoms with Crippen molar-refractivity contribution in [2.24, 2.45) is 0 Å². The minimum Gasteiger partial charge on any atom is -0.463 e. The maximum atomic E-state index is 11.3. The number of hydrogen-bond acceptors (Lipinski definition) is 2. The topological polar surface area (TPSA) is 38.3 Å². The Morgan fingerprint density at radius 3 is 2.50 bits per heavy atom. The molecule has 0 aliphatic carbocycles. The van der Waals surface area contributed by atoms with E-state index in [9.17, 15) is 4.79 Å². The first-order chi connectivity index (χ1) is 6.56. The molecule has 14 heavy (non-hydrogen) atoms. The molecule has 76 valence electrons. The van der Waals surface area contributed by atoms with Crippen molar-refractivity contribution in [3.05, 3.63) is 30.3 Å². The van der Waals surface area contributed by atoms with E-state index in [0.717, 1.165) is 0 Å². The fourth-order valence-corrected chi connectivity index (χ4v) is 1.16. The molecule has 0 aliphatic heterocycles. The molecule has 3 nitrogen and oxygen atoms in total. The molecule has 4 heteroatoms. The van der Waals surface area contributed by atoms with Gasteiger partial charge in [-0.15, -0.1) is 0 Å². The summed E-state index contributed by atoms with van der Waals surface area (Å²) in [5.41, 5.74) is 0. The summed E-state index contributed by atoms with van der Waals surface area (Å²) < 4.78 is 5.31. The van der Waals surface area contributed by atoms with Gasteiger partial charge in [-0.2, -0.15) is 0 Å². The first-order valence-electron chi connectivity index (χ1n) is 4.21. The lowest BCUT2D eigenvalue weighted by atomic mass is 10.3. The van der Waals surface area contributed by atoms with Gasteiger partial charge in [0.05, 0.1) is 0 Å². The highest BCUT2D eigenvalue weighted by Gasteiger charge is 2.31. The minimum absolute atomic E-state index is 0.372. The average molecular weight is 214 g/mol. The smallest absolute Gasteiger partial charge is 0.279 e. The second kappa shape index (κ2) is 4.33. The Morgan fingerprint density at radius 2 is 2.00 bits per heavy atom. The number of likely N-dealkylation sites (N-methyl/N-ethyl adjacent to an activating group) is 1. The molecule has 0 bridgehead atoms. The summed E-state index contributed by atoms with van der Waals surface area (Å²) in [5, 5.41) is 1.06. The van der Waals surface area contributed by atoms with Gasteiger partial charge in [0.2, 0.25) is 0 Å². The van der Waals surface area contributed by atoms with Gasteiger partial charge in [-0.1, -0.05) is 29.8 Å². The third kappa shape index (κ3) is 2.64. The van der Waals surface area contributed by atoms with E-state index in [0.29, 0.717) is 5.75 Å². The zero-order valence-corrected chi connectivity index (χ0v) is 8.84. The van der Waals surface area contributed by atoms with Crippen LogP contribution in [0.25, 0.3) is 0 Å². The number of hydrogen-bond donors (Lipinski definition) is 1. The Hall–Kier alpha value is -1.22. The van der Waals surface area contributed by atoms with Crippen molar-refractivity contribution in [2.75, 3.05) is 7.05 Å². The van der Waals surface area contributed by atoms with Gasteiger partial charge < -0.3 is 10.1 Å². The second-order valence-electron chi connectivity index (χ2n) is 2.91. The van der Waals surface area contributed by atoms with Gasteiger partial charge in [0.1, 0.15) is 5.75 Å². The van der Waals surface area contributed by atoms with E-state index in [-0.39, 0.29) is 5.91 Å². The quantitative estimate of drug-likeness (QED) is 0.778. The van der Waals surface area contributed by atoms with Crippen molar-refractivity contribution in [3.8, 4) is 5.75 Å². The van der Waals surface area contributed by atoms with Crippen molar-refractivity contribution in [1.29, 1.82) is 0 Å². The number of ether oxygens (including phenoxy) is 1. The first-order valence-corrected chi connectivity index (χ1v) is 4.59. The van der Waals surface area contributed by atoms with Gasteiger partial charge in [-0.05, 0) is 19.1 Å². The minimum atomic E-state index is -1.36. The Balaban J connectivity index is 2.73. The number of carbonyl (C=O) groups is 1. The standard InChI is InChI=1S/C10H12ClNO2/c1-10(11,9(13)12-2)14-8-6-4-3-5-7-8/h3-7H,1-2H3,(H,12,13). The predicted molar refractivity (Wildman–Crippen MR) is 55.4 cm³/mol. The fraction of sp³-hybridized carbons (Fsp3) is 0.300. The van der Waals surface area contributed by atoms with Crippen LogP contribution in [0.5, 0.6) is 5.75 Å². The van der Waals surface area contributed by atoms with Gasteiger partial charge in [0.15, 0.2) is 0 Å². The monoisotopic (exact) mass is 213 g/mol. The lowest BCUT2D eigenvalue weighted by Gasteiger charge is -2.21. The second-order valence-corrected chi connectivity index (χ2v) is 3.63. The van der Waals surface area contributed by atoms with Crippen LogP contribution in [0.4, 0.5) is 0 Å². The molecule has 1 atom stereocenters. The van der Waals surface area contributed by atoms with Crippen LogP contribution in [0, 0.1) is 0 Å². The van der Waals surface area contributed by atoms with Gasteiger partial charge in [0, 0.05) is 7.05 Å². The van der Waals surface area contributed by atoms with E-state index in [1.807, 2.05) is 18.2 Å². The molecule has 0 spiro atoms. The molecule has 0 radical (unpaired) electrons. The number of carbonyl (C=O) groups excluding carboxylic acids is 1. The molecule has 1 rings (SSSR count). The molecular weight excluding hydrogens is 202 g/mol. The average Bonchev–Trinajstić information content (AvgIpc) is 2.17. The Morgan fingerprint density at radius 1 is 1.43 bits per heavy atom. The molecule has 0 saturated heterocycles. The van der Waals surface area contributed by atoms with Crippen LogP contribution < -0.4 is 10.1 Å². The zero-order chi connectivity index (χ0) is 10.6. The van der Waals surface area contributed by atoms with Gasteiger partial charge in [0.25, 0.3) is 11.0 Å². The Kier molecular flexibility index (Phi) is 3.36. The molecule has 1 N–H and O–H groups in total. The van der Waals surface area contributed by atoms with E-state index in [1.165, 1.54) is 14.0 Å². The van der Waals surface area contributed by atoms with Crippen molar-refractivity contribution in [1.82, 2.24) is 5.32 Å². The van der Waals surface area contributed by atoms with E-state index in [1.54, 1.807) is 12.1 Å². The zero-order valence-electron chi connectivity index (χ0n) is 8.08. The van der Waals surface area contributed by atoms with Crippen molar-refractivity contribution >= 4 is 17.5 Å². The largest absolute Gasteiger partial charge is 0.463 e. The summed E-state index contributed by atoms with van der Waals surface area (Å²) in [4.78, 5) is 11.3. The SMILES string of the molecule is CNC(=O)C(C)(Cl)Oc1ccccc1. The molecule has 1 aromatic rings. The lowest BCUT2D eigenvalue weighted by molar-refractivity contribution is -0.129. The van der Waals surface area contributed by atoms with Crippen LogP contribution in [0.15, 0.2) is 30.3 Å². The molecule has 0 saturated carbocycles. The van der Waals surface area contributed by atoms with Crippen LogP contribution in [-0.4, -0.2) is 18.0 Å². The van der Waals surface area contributed by atoms with Crippen molar-refractivity contribution in [2.45, 2.75) is 12.0 Å². The molecule has 0 heterocycles. The van der Waals surface area contributed by atoms with E-state index < -0.39 is 5.06 Å². The number of amides is 1. The van der Waals surface area contributed by atoms with Crippen LogP contribution in [0.3, 0.4) is 0 Å². The third-order valence-electron chi connectivity index (χ3n) is 1.69. The number of para-hydroxylation sites is 1. The highest BCUT2D eigenvalue weighted by molar-refractivity contribution is 6.33. The number of benzene rings is 1. The molecular formula is C10H12ClNO2. The van der Waals surface area contributed by atoms with E-state index in [4.69, 9.17) is 16.3 Å². The van der Waals surface area contributed by atoms with Crippen LogP contribution in [-0.2, 0) is 4.79 Å². The normalized spacial score (nSPS) is 14.2. The highest BCUT2D eigenvalue weighted by atomic mass is 35.5. The molecule has 0 aromatic heterocycles. The van der Waals surface area contributed by atoms with Crippen LogP contribution >= 0.6 is 11.6 Å². The summed E-state index contributed by atoms with van der Waals surface area (Å²) in [7, 11) is 1.51. The van der Waals surface area contributed by atoms with Crippen LogP contribution in [0.2, 0.25) is 0 Å². The van der Waals surface area contributed by atoms with Crippen molar-refractivity contribution < 1.29 is 9.53 Å². The summed E-state index contributed by atoms with van der Waals surface area (Å²) in [5.74, 6) is 0.191. The highest BCUT2D eigenvalue weighted by Crippen LogP contribution is 2.21. The Bertz CT molecular complexity index is 311. The molecule has 1 aromatic carbocycles. The maximum absolute atomic E-state index is 11.3. The summed E-state index contributed by atoms with van der Waals surface area (Å²) in [6.45, 7) is 1.50. The molecule has 0 aliphatic rings. The first kappa shape index (κ1) is 10.9. The lowest BCUT2D eigenvalue weighted by Crippen LogP contribution is -2.42. The maximum Gasteiger partial charge on any atom is 0.279 e. The number of nitrogens with one attached hydrogen (secondary N) is 1. The molecule has 1 amide bonds. The number of rotatable bonds is 3. The third-order valence-corrected chi connectivity index (χ3v) is 1.93. The summed E-state index contributed by atoms with van der Waals surface area (Å²) >= 11 is 5.89. The molecule has 1 unspecified atom stereocenters. The van der Waals surface area contributed by atoms with Crippen molar-refractivity contribution in [3.63, 3.8) is 0 Å². The number of alkyl halides is 1. The molecule has 0 fully saturated rings. The fourth-order valence-electron chi connectivity index (χ4n) is 0.979. The van der Waals surface area contributed by atoms with Gasteiger partial charge in [-0.25, -0.2) is 0 Å².